The van der Waals surface area contributed by atoms with Gasteiger partial charge in [0.2, 0.25) is 0 Å². The molecule has 0 heterocycles. The van der Waals surface area contributed by atoms with Gasteiger partial charge in [0.1, 0.15) is 5.82 Å². The molecule has 0 radical (unpaired) electrons. The lowest BCUT2D eigenvalue weighted by Crippen LogP contribution is -2.23. The molecule has 1 aromatic rings. The zero-order valence-corrected chi connectivity index (χ0v) is 10.2. The van der Waals surface area contributed by atoms with E-state index >= 15 is 0 Å². The molecule has 1 atom stereocenters. The average Bonchev–Trinajstić information content (AvgIpc) is 2.30. The lowest BCUT2D eigenvalue weighted by molar-refractivity contribution is 0.496. The summed E-state index contributed by atoms with van der Waals surface area (Å²) in [5.41, 5.74) is 0.668. The van der Waals surface area contributed by atoms with Gasteiger partial charge in [-0.15, -0.1) is 0 Å². The van der Waals surface area contributed by atoms with Crippen molar-refractivity contribution < 1.29 is 8.60 Å². The van der Waals surface area contributed by atoms with Crippen LogP contribution in [0.3, 0.4) is 0 Å². The van der Waals surface area contributed by atoms with Crippen LogP contribution < -0.4 is 0 Å². The standard InChI is InChI=1S/C12H14FNOS/c1-3-14(4-2)16(15)10-9-11-5-7-12(13)8-6-11/h5-8H,3-4H2,1-2H3. The molecule has 0 spiro atoms. The van der Waals surface area contributed by atoms with Crippen molar-refractivity contribution in [3.63, 3.8) is 0 Å². The summed E-state index contributed by atoms with van der Waals surface area (Å²) in [4.78, 5) is 0. The summed E-state index contributed by atoms with van der Waals surface area (Å²) in [6.45, 7) is 5.25. The summed E-state index contributed by atoms with van der Waals surface area (Å²) in [5.74, 6) is 2.47. The molecule has 2 nitrogen and oxygen atoms in total. The molecule has 0 aromatic heterocycles. The highest BCUT2D eigenvalue weighted by atomic mass is 32.2. The first-order chi connectivity index (χ1) is 7.67. The molecule has 0 amide bonds. The molecule has 1 aromatic carbocycles. The Balaban J connectivity index is 2.74. The Labute approximate surface area is 98.1 Å². The molecule has 0 fully saturated rings. The Morgan fingerprint density at radius 2 is 1.81 bits per heavy atom. The summed E-state index contributed by atoms with van der Waals surface area (Å²) >= 11 is 0. The molecule has 0 saturated heterocycles. The summed E-state index contributed by atoms with van der Waals surface area (Å²) < 4.78 is 26.0. The summed E-state index contributed by atoms with van der Waals surface area (Å²) in [6, 6.07) is 5.82. The van der Waals surface area contributed by atoms with Crippen LogP contribution in [-0.2, 0) is 11.0 Å². The van der Waals surface area contributed by atoms with Crippen molar-refractivity contribution in [1.82, 2.24) is 4.31 Å². The molecule has 0 aliphatic heterocycles. The van der Waals surface area contributed by atoms with E-state index in [1.54, 1.807) is 16.4 Å². The highest BCUT2D eigenvalue weighted by Crippen LogP contribution is 2.01. The molecule has 0 N–H and O–H groups in total. The Morgan fingerprint density at radius 3 is 2.31 bits per heavy atom. The number of rotatable bonds is 3. The molecule has 4 heteroatoms. The van der Waals surface area contributed by atoms with Crippen LogP contribution in [0.4, 0.5) is 4.39 Å². The van der Waals surface area contributed by atoms with E-state index < -0.39 is 11.0 Å². The quantitative estimate of drug-likeness (QED) is 0.740. The Hall–Kier alpha value is -1.18. The van der Waals surface area contributed by atoms with Gasteiger partial charge in [-0.05, 0) is 24.3 Å². The van der Waals surface area contributed by atoms with Gasteiger partial charge < -0.3 is 0 Å². The second kappa shape index (κ2) is 6.41. The fraction of sp³-hybridized carbons (Fsp3) is 0.333. The molecule has 16 heavy (non-hydrogen) atoms. The normalized spacial score (nSPS) is 12.0. The lowest BCUT2D eigenvalue weighted by Gasteiger charge is -2.11. The first kappa shape index (κ1) is 12.9. The van der Waals surface area contributed by atoms with Crippen LogP contribution in [0.2, 0.25) is 0 Å². The molecule has 1 unspecified atom stereocenters. The molecular formula is C12H14FNOS. The molecule has 0 saturated carbocycles. The van der Waals surface area contributed by atoms with E-state index in [1.165, 1.54) is 12.1 Å². The minimum Gasteiger partial charge on any atom is -0.228 e. The van der Waals surface area contributed by atoms with E-state index in [0.717, 1.165) is 0 Å². The monoisotopic (exact) mass is 239 g/mol. The summed E-state index contributed by atoms with van der Waals surface area (Å²) in [7, 11) is -1.29. The van der Waals surface area contributed by atoms with Gasteiger partial charge in [0, 0.05) is 23.9 Å². The van der Waals surface area contributed by atoms with Crippen molar-refractivity contribution in [1.29, 1.82) is 0 Å². The Morgan fingerprint density at radius 1 is 1.25 bits per heavy atom. The van der Waals surface area contributed by atoms with E-state index in [1.807, 2.05) is 13.8 Å². The molecule has 86 valence electrons. The van der Waals surface area contributed by atoms with Crippen molar-refractivity contribution in [2.75, 3.05) is 13.1 Å². The van der Waals surface area contributed by atoms with Gasteiger partial charge in [0.25, 0.3) is 0 Å². The number of benzene rings is 1. The van der Waals surface area contributed by atoms with Gasteiger partial charge in [0.15, 0.2) is 11.0 Å². The van der Waals surface area contributed by atoms with Crippen LogP contribution >= 0.6 is 0 Å². The molecular weight excluding hydrogens is 225 g/mol. The van der Waals surface area contributed by atoms with E-state index in [9.17, 15) is 8.60 Å². The van der Waals surface area contributed by atoms with Gasteiger partial charge in [-0.25, -0.2) is 12.9 Å². The zero-order chi connectivity index (χ0) is 12.0. The second-order valence-corrected chi connectivity index (χ2v) is 4.32. The van der Waals surface area contributed by atoms with Crippen LogP contribution in [0.1, 0.15) is 19.4 Å². The second-order valence-electron chi connectivity index (χ2n) is 3.10. The molecule has 0 bridgehead atoms. The zero-order valence-electron chi connectivity index (χ0n) is 9.37. The van der Waals surface area contributed by atoms with Gasteiger partial charge in [-0.1, -0.05) is 19.8 Å². The Bertz CT molecular complexity index is 415. The summed E-state index contributed by atoms with van der Waals surface area (Å²) in [5, 5.41) is 2.65. The van der Waals surface area contributed by atoms with Gasteiger partial charge in [-0.3, -0.25) is 0 Å². The maximum Gasteiger partial charge on any atom is 0.174 e. The fourth-order valence-electron chi connectivity index (χ4n) is 1.16. The van der Waals surface area contributed by atoms with Crippen molar-refractivity contribution in [2.45, 2.75) is 13.8 Å². The number of hydrogen-bond donors (Lipinski definition) is 0. The van der Waals surface area contributed by atoms with Gasteiger partial charge >= 0.3 is 0 Å². The maximum absolute atomic E-state index is 12.6. The Kier molecular flexibility index (Phi) is 5.17. The van der Waals surface area contributed by atoms with Crippen molar-refractivity contribution in [3.8, 4) is 11.2 Å². The first-order valence-corrected chi connectivity index (χ1v) is 6.22. The maximum atomic E-state index is 12.6. The fourth-order valence-corrected chi connectivity index (χ4v) is 1.96. The number of halogens is 1. The van der Waals surface area contributed by atoms with Crippen LogP contribution in [0, 0.1) is 17.0 Å². The number of nitrogens with zero attached hydrogens (tertiary/aromatic N) is 1. The highest BCUT2D eigenvalue weighted by molar-refractivity contribution is 7.87. The minimum absolute atomic E-state index is 0.296. The molecule has 0 aliphatic carbocycles. The van der Waals surface area contributed by atoms with Crippen LogP contribution in [0.25, 0.3) is 0 Å². The third-order valence-electron chi connectivity index (χ3n) is 2.07. The topological polar surface area (TPSA) is 20.3 Å². The van der Waals surface area contributed by atoms with Gasteiger partial charge in [0.05, 0.1) is 0 Å². The van der Waals surface area contributed by atoms with Crippen LogP contribution in [0.5, 0.6) is 0 Å². The lowest BCUT2D eigenvalue weighted by atomic mass is 10.2. The predicted molar refractivity (Wildman–Crippen MR) is 64.3 cm³/mol. The van der Waals surface area contributed by atoms with Gasteiger partial charge in [-0.2, -0.15) is 0 Å². The van der Waals surface area contributed by atoms with E-state index in [4.69, 9.17) is 0 Å². The van der Waals surface area contributed by atoms with E-state index in [0.29, 0.717) is 18.7 Å². The average molecular weight is 239 g/mol. The highest BCUT2D eigenvalue weighted by Gasteiger charge is 2.04. The van der Waals surface area contributed by atoms with Crippen molar-refractivity contribution >= 4 is 11.0 Å². The summed E-state index contributed by atoms with van der Waals surface area (Å²) in [6.07, 6.45) is 0. The van der Waals surface area contributed by atoms with Crippen molar-refractivity contribution in [2.24, 2.45) is 0 Å². The predicted octanol–water partition coefficient (Wildman–Crippen LogP) is 2.14. The number of hydrogen-bond acceptors (Lipinski definition) is 1. The van der Waals surface area contributed by atoms with Crippen molar-refractivity contribution in [3.05, 3.63) is 35.6 Å². The first-order valence-electron chi connectivity index (χ1n) is 5.11. The minimum atomic E-state index is -1.29. The smallest absolute Gasteiger partial charge is 0.174 e. The van der Waals surface area contributed by atoms with E-state index in [2.05, 4.69) is 11.2 Å². The molecule has 1 rings (SSSR count). The van der Waals surface area contributed by atoms with E-state index in [-0.39, 0.29) is 5.82 Å². The SMILES string of the molecule is CCN(CC)S(=O)C#Cc1ccc(F)cc1. The third-order valence-corrected chi connectivity index (χ3v) is 3.33. The molecule has 0 aliphatic rings. The van der Waals surface area contributed by atoms with Crippen LogP contribution in [-0.4, -0.2) is 21.6 Å². The largest absolute Gasteiger partial charge is 0.228 e. The third kappa shape index (κ3) is 3.76. The van der Waals surface area contributed by atoms with Crippen LogP contribution in [0.15, 0.2) is 24.3 Å².